The molecule has 0 unspecified atom stereocenters. The van der Waals surface area contributed by atoms with Crippen LogP contribution in [-0.4, -0.2) is 32.1 Å². The molecule has 0 saturated carbocycles. The van der Waals surface area contributed by atoms with Gasteiger partial charge in [-0.3, -0.25) is 9.78 Å². The van der Waals surface area contributed by atoms with Gasteiger partial charge in [0, 0.05) is 22.7 Å². The third kappa shape index (κ3) is 2.26. The van der Waals surface area contributed by atoms with Crippen molar-refractivity contribution in [2.24, 2.45) is 0 Å². The number of aromatic carboxylic acids is 2. The van der Waals surface area contributed by atoms with Gasteiger partial charge in [0.1, 0.15) is 16.9 Å². The van der Waals surface area contributed by atoms with Crippen molar-refractivity contribution >= 4 is 28.7 Å². The van der Waals surface area contributed by atoms with Crippen molar-refractivity contribution in [1.82, 2.24) is 9.97 Å². The van der Waals surface area contributed by atoms with Gasteiger partial charge in [0.25, 0.3) is 5.56 Å². The monoisotopic (exact) mass is 325 g/mol. The van der Waals surface area contributed by atoms with Gasteiger partial charge in [-0.2, -0.15) is 0 Å². The number of nitrogen functional groups attached to an aromatic ring is 1. The summed E-state index contributed by atoms with van der Waals surface area (Å²) in [7, 11) is 0. The van der Waals surface area contributed by atoms with Gasteiger partial charge in [-0.1, -0.05) is 24.3 Å². The zero-order valence-electron chi connectivity index (χ0n) is 12.1. The number of hydrogen-bond donors (Lipinski definition) is 4. The average molecular weight is 325 g/mol. The summed E-state index contributed by atoms with van der Waals surface area (Å²) in [6, 6.07) is 8.29. The van der Waals surface area contributed by atoms with E-state index < -0.39 is 34.4 Å². The van der Waals surface area contributed by atoms with Gasteiger partial charge in [0.2, 0.25) is 0 Å². The number of carboxylic acids is 2. The number of fused-ring (bicyclic) bond motifs is 1. The molecule has 2 heterocycles. The molecule has 3 rings (SSSR count). The molecule has 24 heavy (non-hydrogen) atoms. The maximum Gasteiger partial charge on any atom is 0.342 e. The first-order valence-corrected chi connectivity index (χ1v) is 6.78. The number of aromatic nitrogens is 2. The molecule has 0 radical (unpaired) electrons. The number of nitrogens with two attached hydrogens (primary N) is 1. The predicted octanol–water partition coefficient (Wildman–Crippen LogP) is 1.57. The van der Waals surface area contributed by atoms with Crippen LogP contribution < -0.4 is 11.3 Å². The lowest BCUT2D eigenvalue weighted by Crippen LogP contribution is -2.24. The topological polar surface area (TPSA) is 146 Å². The van der Waals surface area contributed by atoms with E-state index in [4.69, 9.17) is 5.73 Å². The first kappa shape index (κ1) is 15.2. The molecule has 5 N–H and O–H groups in total. The fourth-order valence-corrected chi connectivity index (χ4v) is 2.62. The van der Waals surface area contributed by atoms with E-state index in [9.17, 15) is 24.6 Å². The summed E-state index contributed by atoms with van der Waals surface area (Å²) in [6.07, 6.45) is 1.49. The number of nitrogens with zero attached hydrogens (tertiary/aromatic N) is 1. The van der Waals surface area contributed by atoms with Gasteiger partial charge in [-0.25, -0.2) is 9.59 Å². The summed E-state index contributed by atoms with van der Waals surface area (Å²) in [6.45, 7) is 0. The zero-order chi connectivity index (χ0) is 17.4. The van der Waals surface area contributed by atoms with Crippen LogP contribution in [0.4, 0.5) is 5.82 Å². The van der Waals surface area contributed by atoms with Crippen LogP contribution in [0.25, 0.3) is 22.0 Å². The molecule has 0 fully saturated rings. The number of aromatic amines is 1. The summed E-state index contributed by atoms with van der Waals surface area (Å²) in [5.41, 5.74) is 3.79. The molecule has 0 atom stereocenters. The summed E-state index contributed by atoms with van der Waals surface area (Å²) in [4.78, 5) is 41.5. The van der Waals surface area contributed by atoms with E-state index in [2.05, 4.69) is 9.97 Å². The van der Waals surface area contributed by atoms with Gasteiger partial charge in [0.15, 0.2) is 0 Å². The van der Waals surface area contributed by atoms with Crippen LogP contribution in [0.1, 0.15) is 20.7 Å². The van der Waals surface area contributed by atoms with Crippen LogP contribution >= 0.6 is 0 Å². The van der Waals surface area contributed by atoms with Crippen LogP contribution in [-0.2, 0) is 0 Å². The second-order valence-corrected chi connectivity index (χ2v) is 4.98. The minimum atomic E-state index is -1.55. The SMILES string of the molecule is Nc1[nH]c(=O)c(C(=O)O)c(-c2cccc3cccnc23)c1C(=O)O. The molecule has 120 valence electrons. The van der Waals surface area contributed by atoms with Gasteiger partial charge >= 0.3 is 11.9 Å². The van der Waals surface area contributed by atoms with Crippen LogP contribution in [0.3, 0.4) is 0 Å². The fraction of sp³-hybridized carbons (Fsp3) is 0. The lowest BCUT2D eigenvalue weighted by molar-refractivity contribution is 0.0695. The van der Waals surface area contributed by atoms with E-state index >= 15 is 0 Å². The Hall–Kier alpha value is -3.68. The number of carboxylic acid groups (broad SMARTS) is 2. The number of rotatable bonds is 3. The molecule has 0 aliphatic rings. The van der Waals surface area contributed by atoms with Gasteiger partial charge in [-0.15, -0.1) is 0 Å². The lowest BCUT2D eigenvalue weighted by Gasteiger charge is -2.13. The Kier molecular flexibility index (Phi) is 3.49. The summed E-state index contributed by atoms with van der Waals surface area (Å²) in [5.74, 6) is -3.42. The number of pyridine rings is 2. The van der Waals surface area contributed by atoms with Crippen molar-refractivity contribution in [3.05, 3.63) is 58.0 Å². The first-order chi connectivity index (χ1) is 11.4. The Balaban J connectivity index is 2.57. The molecule has 0 bridgehead atoms. The third-order valence-electron chi connectivity index (χ3n) is 3.57. The van der Waals surface area contributed by atoms with Crippen LogP contribution in [0.15, 0.2) is 41.3 Å². The van der Waals surface area contributed by atoms with Crippen LogP contribution in [0.5, 0.6) is 0 Å². The summed E-state index contributed by atoms with van der Waals surface area (Å²) < 4.78 is 0. The van der Waals surface area contributed by atoms with Gasteiger partial charge in [-0.05, 0) is 6.07 Å². The van der Waals surface area contributed by atoms with Crippen molar-refractivity contribution in [1.29, 1.82) is 0 Å². The fourth-order valence-electron chi connectivity index (χ4n) is 2.62. The smallest absolute Gasteiger partial charge is 0.342 e. The summed E-state index contributed by atoms with van der Waals surface area (Å²) in [5, 5.41) is 19.5. The third-order valence-corrected chi connectivity index (χ3v) is 3.57. The highest BCUT2D eigenvalue weighted by molar-refractivity contribution is 6.10. The first-order valence-electron chi connectivity index (χ1n) is 6.78. The molecular formula is C16H11N3O5. The van der Waals surface area contributed by atoms with Crippen LogP contribution in [0, 0.1) is 0 Å². The number of anilines is 1. The quantitative estimate of drug-likeness (QED) is 0.571. The van der Waals surface area contributed by atoms with Crippen molar-refractivity contribution in [3.8, 4) is 11.1 Å². The Labute approximate surface area is 134 Å². The Morgan fingerprint density at radius 1 is 1.04 bits per heavy atom. The zero-order valence-corrected chi connectivity index (χ0v) is 12.1. The van der Waals surface area contributed by atoms with Crippen LogP contribution in [0.2, 0.25) is 0 Å². The Morgan fingerprint density at radius 3 is 2.38 bits per heavy atom. The van der Waals surface area contributed by atoms with Crippen molar-refractivity contribution in [2.75, 3.05) is 5.73 Å². The maximum atomic E-state index is 12.1. The number of nitrogens with one attached hydrogen (secondary N) is 1. The highest BCUT2D eigenvalue weighted by atomic mass is 16.4. The number of para-hydroxylation sites is 1. The molecule has 0 aliphatic heterocycles. The molecule has 2 aromatic heterocycles. The van der Waals surface area contributed by atoms with E-state index in [1.165, 1.54) is 12.3 Å². The highest BCUT2D eigenvalue weighted by Crippen LogP contribution is 2.33. The van der Waals surface area contributed by atoms with Crippen molar-refractivity contribution < 1.29 is 19.8 Å². The largest absolute Gasteiger partial charge is 0.478 e. The minimum absolute atomic E-state index is 0.209. The van der Waals surface area contributed by atoms with E-state index in [1.54, 1.807) is 24.3 Å². The van der Waals surface area contributed by atoms with Crippen molar-refractivity contribution in [3.63, 3.8) is 0 Å². The van der Waals surface area contributed by atoms with E-state index in [0.29, 0.717) is 10.9 Å². The Morgan fingerprint density at radius 2 is 1.71 bits per heavy atom. The number of benzene rings is 1. The molecule has 1 aromatic carbocycles. The van der Waals surface area contributed by atoms with Crippen molar-refractivity contribution in [2.45, 2.75) is 0 Å². The Bertz CT molecular complexity index is 1050. The predicted molar refractivity (Wildman–Crippen MR) is 86.1 cm³/mol. The van der Waals surface area contributed by atoms with E-state index in [0.717, 1.165) is 0 Å². The standard InChI is InChI=1S/C16H11N3O5/c17-13-10(15(21)22)9(11(16(23)24)14(20)19-13)8-5-1-3-7-4-2-6-18-12(7)8/h1-6H,(H,21,22)(H,23,24)(H3,17,19,20). The molecular weight excluding hydrogens is 314 g/mol. The lowest BCUT2D eigenvalue weighted by atomic mass is 9.93. The molecule has 0 spiro atoms. The second-order valence-electron chi connectivity index (χ2n) is 4.98. The van der Waals surface area contributed by atoms with Gasteiger partial charge < -0.3 is 20.9 Å². The van der Waals surface area contributed by atoms with E-state index in [1.807, 2.05) is 0 Å². The highest BCUT2D eigenvalue weighted by Gasteiger charge is 2.27. The van der Waals surface area contributed by atoms with E-state index in [-0.39, 0.29) is 11.1 Å². The van der Waals surface area contributed by atoms with Gasteiger partial charge in [0.05, 0.1) is 5.52 Å². The summed E-state index contributed by atoms with van der Waals surface area (Å²) >= 11 is 0. The maximum absolute atomic E-state index is 12.1. The number of carbonyl (C=O) groups is 2. The molecule has 0 saturated heterocycles. The number of hydrogen-bond acceptors (Lipinski definition) is 5. The number of H-pyrrole nitrogens is 1. The normalized spacial score (nSPS) is 10.7. The molecule has 0 amide bonds. The molecule has 8 heteroatoms. The minimum Gasteiger partial charge on any atom is -0.478 e. The molecule has 0 aliphatic carbocycles. The molecule has 3 aromatic rings. The second kappa shape index (κ2) is 5.51. The average Bonchev–Trinajstić information content (AvgIpc) is 2.52. The molecule has 8 nitrogen and oxygen atoms in total.